The number of ether oxygens (including phenoxy) is 1. The van der Waals surface area contributed by atoms with E-state index in [-0.39, 0.29) is 11.4 Å². The van der Waals surface area contributed by atoms with E-state index in [2.05, 4.69) is 15.2 Å². The molecule has 108 valence electrons. The maximum absolute atomic E-state index is 12.4. The van der Waals surface area contributed by atoms with Gasteiger partial charge in [0.15, 0.2) is 5.82 Å². The van der Waals surface area contributed by atoms with E-state index in [1.165, 1.54) is 30.6 Å². The first-order valence-electron chi connectivity index (χ1n) is 5.92. The average molecular weight is 296 g/mol. The first-order chi connectivity index (χ1) is 9.43. The van der Waals surface area contributed by atoms with E-state index in [0.717, 1.165) is 0 Å². The lowest BCUT2D eigenvalue weighted by molar-refractivity contribution is 0.414. The lowest BCUT2D eigenvalue weighted by Gasteiger charge is -2.15. The Morgan fingerprint density at radius 3 is 2.45 bits per heavy atom. The number of H-pyrrole nitrogens is 1. The Morgan fingerprint density at radius 2 is 1.95 bits per heavy atom. The van der Waals surface area contributed by atoms with Crippen LogP contribution in [-0.2, 0) is 16.6 Å². The Balaban J connectivity index is 2.19. The van der Waals surface area contributed by atoms with Gasteiger partial charge >= 0.3 is 0 Å². The number of sulfonamides is 1. The van der Waals surface area contributed by atoms with E-state index in [9.17, 15) is 8.42 Å². The Hall–Kier alpha value is -1.93. The minimum atomic E-state index is -3.57. The van der Waals surface area contributed by atoms with Crippen LogP contribution in [0.2, 0.25) is 0 Å². The molecule has 0 aliphatic carbocycles. The summed E-state index contributed by atoms with van der Waals surface area (Å²) < 4.78 is 30.9. The van der Waals surface area contributed by atoms with Crippen molar-refractivity contribution in [3.05, 3.63) is 35.9 Å². The molecule has 1 aromatic carbocycles. The molecule has 0 saturated carbocycles. The molecule has 0 aliphatic heterocycles. The van der Waals surface area contributed by atoms with Crippen LogP contribution in [0, 0.1) is 6.92 Å². The quantitative estimate of drug-likeness (QED) is 0.887. The molecule has 0 unspecified atom stereocenters. The summed E-state index contributed by atoms with van der Waals surface area (Å²) in [6.45, 7) is 1.87. The predicted octanol–water partition coefficient (Wildman–Crippen LogP) is 0.942. The van der Waals surface area contributed by atoms with Crippen LogP contribution in [0.15, 0.2) is 29.2 Å². The van der Waals surface area contributed by atoms with Crippen LogP contribution in [0.1, 0.15) is 11.6 Å². The van der Waals surface area contributed by atoms with Gasteiger partial charge in [0, 0.05) is 7.05 Å². The largest absolute Gasteiger partial charge is 0.497 e. The zero-order chi connectivity index (χ0) is 14.8. The Labute approximate surface area is 117 Å². The smallest absolute Gasteiger partial charge is 0.243 e. The van der Waals surface area contributed by atoms with Crippen molar-refractivity contribution in [1.29, 1.82) is 0 Å². The Morgan fingerprint density at radius 1 is 1.30 bits per heavy atom. The molecular formula is C12H16N4O3S. The second kappa shape index (κ2) is 5.59. The van der Waals surface area contributed by atoms with Crippen LogP contribution in [0.4, 0.5) is 0 Å². The van der Waals surface area contributed by atoms with Crippen molar-refractivity contribution in [2.75, 3.05) is 14.2 Å². The van der Waals surface area contributed by atoms with Gasteiger partial charge in [-0.25, -0.2) is 13.4 Å². The van der Waals surface area contributed by atoms with E-state index >= 15 is 0 Å². The first-order valence-corrected chi connectivity index (χ1v) is 7.36. The summed E-state index contributed by atoms with van der Waals surface area (Å²) in [5.74, 6) is 1.69. The van der Waals surface area contributed by atoms with E-state index < -0.39 is 10.0 Å². The monoisotopic (exact) mass is 296 g/mol. The molecule has 0 bridgehead atoms. The molecule has 0 amide bonds. The molecule has 0 fully saturated rings. The number of hydrogen-bond donors (Lipinski definition) is 1. The van der Waals surface area contributed by atoms with Gasteiger partial charge in [0.2, 0.25) is 10.0 Å². The molecule has 1 N–H and O–H groups in total. The summed E-state index contributed by atoms with van der Waals surface area (Å²) in [4.78, 5) is 4.29. The summed E-state index contributed by atoms with van der Waals surface area (Å²) in [7, 11) is -0.549. The Bertz CT molecular complexity index is 679. The molecule has 2 rings (SSSR count). The van der Waals surface area contributed by atoms with E-state index in [4.69, 9.17) is 4.74 Å². The molecule has 8 heteroatoms. The summed E-state index contributed by atoms with van der Waals surface area (Å²) in [5, 5.41) is 6.61. The standard InChI is InChI=1S/C12H16N4O3S/c1-9-13-12(15-14-9)8-16(2)20(17,18)11-6-4-10(19-3)5-7-11/h4-7H,8H2,1-3H3,(H,13,14,15). The molecule has 0 aliphatic rings. The lowest BCUT2D eigenvalue weighted by Crippen LogP contribution is -2.27. The third-order valence-electron chi connectivity index (χ3n) is 2.78. The summed E-state index contributed by atoms with van der Waals surface area (Å²) >= 11 is 0. The number of aryl methyl sites for hydroxylation is 1. The fourth-order valence-corrected chi connectivity index (χ4v) is 2.80. The topological polar surface area (TPSA) is 88.2 Å². The van der Waals surface area contributed by atoms with Gasteiger partial charge in [-0.05, 0) is 31.2 Å². The molecule has 0 radical (unpaired) electrons. The fourth-order valence-electron chi connectivity index (χ4n) is 1.67. The van der Waals surface area contributed by atoms with Crippen LogP contribution in [-0.4, -0.2) is 42.1 Å². The third kappa shape index (κ3) is 2.97. The molecule has 20 heavy (non-hydrogen) atoms. The van der Waals surface area contributed by atoms with Gasteiger partial charge in [-0.15, -0.1) is 0 Å². The van der Waals surface area contributed by atoms with Gasteiger partial charge in [-0.3, -0.25) is 5.10 Å². The number of aromatic nitrogens is 3. The van der Waals surface area contributed by atoms with E-state index in [1.807, 2.05) is 0 Å². The average Bonchev–Trinajstić information content (AvgIpc) is 2.84. The maximum Gasteiger partial charge on any atom is 0.243 e. The van der Waals surface area contributed by atoms with Crippen LogP contribution in [0.5, 0.6) is 5.75 Å². The molecule has 1 aromatic heterocycles. The molecule has 0 saturated heterocycles. The van der Waals surface area contributed by atoms with Crippen molar-refractivity contribution in [2.24, 2.45) is 0 Å². The normalized spacial score (nSPS) is 11.8. The zero-order valence-corrected chi connectivity index (χ0v) is 12.3. The number of methoxy groups -OCH3 is 1. The van der Waals surface area contributed by atoms with Crippen molar-refractivity contribution in [3.8, 4) is 5.75 Å². The minimum Gasteiger partial charge on any atom is -0.497 e. The van der Waals surface area contributed by atoms with Crippen LogP contribution >= 0.6 is 0 Å². The van der Waals surface area contributed by atoms with Crippen molar-refractivity contribution in [3.63, 3.8) is 0 Å². The number of aromatic amines is 1. The Kier molecular flexibility index (Phi) is 4.05. The zero-order valence-electron chi connectivity index (χ0n) is 11.5. The number of hydrogen-bond acceptors (Lipinski definition) is 5. The SMILES string of the molecule is COc1ccc(S(=O)(=O)N(C)Cc2n[nH]c(C)n2)cc1. The molecule has 2 aromatic rings. The second-order valence-electron chi connectivity index (χ2n) is 4.27. The van der Waals surface area contributed by atoms with E-state index in [0.29, 0.717) is 17.4 Å². The van der Waals surface area contributed by atoms with E-state index in [1.54, 1.807) is 19.1 Å². The van der Waals surface area contributed by atoms with Gasteiger partial charge in [-0.2, -0.15) is 9.40 Å². The van der Waals surface area contributed by atoms with Crippen LogP contribution < -0.4 is 4.74 Å². The molecule has 7 nitrogen and oxygen atoms in total. The number of nitrogens with one attached hydrogen (secondary N) is 1. The molecular weight excluding hydrogens is 280 g/mol. The number of nitrogens with zero attached hydrogens (tertiary/aromatic N) is 3. The fraction of sp³-hybridized carbons (Fsp3) is 0.333. The van der Waals surface area contributed by atoms with Crippen molar-refractivity contribution < 1.29 is 13.2 Å². The highest BCUT2D eigenvalue weighted by molar-refractivity contribution is 7.89. The predicted molar refractivity (Wildman–Crippen MR) is 72.8 cm³/mol. The van der Waals surface area contributed by atoms with Crippen LogP contribution in [0.25, 0.3) is 0 Å². The first kappa shape index (κ1) is 14.5. The van der Waals surface area contributed by atoms with Crippen molar-refractivity contribution in [1.82, 2.24) is 19.5 Å². The van der Waals surface area contributed by atoms with Crippen molar-refractivity contribution >= 4 is 10.0 Å². The summed E-state index contributed by atoms with van der Waals surface area (Å²) in [5.41, 5.74) is 0. The highest BCUT2D eigenvalue weighted by Crippen LogP contribution is 2.19. The molecule has 0 spiro atoms. The third-order valence-corrected chi connectivity index (χ3v) is 4.59. The van der Waals surface area contributed by atoms with Gasteiger partial charge in [0.25, 0.3) is 0 Å². The maximum atomic E-state index is 12.4. The van der Waals surface area contributed by atoms with Gasteiger partial charge in [0.1, 0.15) is 11.6 Å². The number of rotatable bonds is 5. The van der Waals surface area contributed by atoms with Gasteiger partial charge < -0.3 is 4.74 Å². The molecule has 1 heterocycles. The molecule has 0 atom stereocenters. The van der Waals surface area contributed by atoms with Gasteiger partial charge in [-0.1, -0.05) is 0 Å². The highest BCUT2D eigenvalue weighted by Gasteiger charge is 2.22. The van der Waals surface area contributed by atoms with Crippen molar-refractivity contribution in [2.45, 2.75) is 18.4 Å². The second-order valence-corrected chi connectivity index (χ2v) is 6.32. The van der Waals surface area contributed by atoms with Crippen LogP contribution in [0.3, 0.4) is 0 Å². The summed E-state index contributed by atoms with van der Waals surface area (Å²) in [6, 6.07) is 6.23. The summed E-state index contributed by atoms with van der Waals surface area (Å²) in [6.07, 6.45) is 0. The van der Waals surface area contributed by atoms with Gasteiger partial charge in [0.05, 0.1) is 18.6 Å². The lowest BCUT2D eigenvalue weighted by atomic mass is 10.3. The highest BCUT2D eigenvalue weighted by atomic mass is 32.2. The number of benzene rings is 1. The minimum absolute atomic E-state index is 0.110.